The van der Waals surface area contributed by atoms with Crippen LogP contribution < -0.4 is 0 Å². The lowest BCUT2D eigenvalue weighted by Crippen LogP contribution is -2.56. The summed E-state index contributed by atoms with van der Waals surface area (Å²) in [4.78, 5) is 12.8. The number of aromatic amines is 1. The van der Waals surface area contributed by atoms with Crippen LogP contribution in [0, 0.1) is 0 Å². The van der Waals surface area contributed by atoms with Crippen molar-refractivity contribution in [2.45, 2.75) is 11.3 Å². The van der Waals surface area contributed by atoms with E-state index in [1.54, 1.807) is 11.8 Å². The highest BCUT2D eigenvalue weighted by atomic mass is 32.2. The number of carbonyl (C=O) groups excluding carboxylic acids is 1. The minimum Gasteiger partial charge on any atom is -0.319 e. The maximum atomic E-state index is 11.2. The van der Waals surface area contributed by atoms with Crippen LogP contribution in [0.15, 0.2) is 0 Å². The molecule has 1 aromatic rings. The Morgan fingerprint density at radius 1 is 1.62 bits per heavy atom. The maximum absolute atomic E-state index is 11.2. The summed E-state index contributed by atoms with van der Waals surface area (Å²) in [6, 6.07) is 0. The van der Waals surface area contributed by atoms with Gasteiger partial charge in [-0.05, 0) is 10.4 Å². The van der Waals surface area contributed by atoms with Crippen LogP contribution in [-0.4, -0.2) is 43.7 Å². The normalized spacial score (nSPS) is 31.7. The van der Waals surface area contributed by atoms with Gasteiger partial charge in [0.05, 0.1) is 6.42 Å². The van der Waals surface area contributed by atoms with Gasteiger partial charge in [0.15, 0.2) is 10.7 Å². The lowest BCUT2D eigenvalue weighted by Gasteiger charge is -2.43. The maximum Gasteiger partial charge on any atom is 0.227 e. The van der Waals surface area contributed by atoms with E-state index in [4.69, 9.17) is 0 Å². The molecule has 7 heteroatoms. The SMILES string of the molecule is O=C1C[C@@]2(c3nnn[nH]3)SCCN12. The Balaban J connectivity index is 2.02. The molecular formula is C6H7N5OS. The fourth-order valence-electron chi connectivity index (χ4n) is 1.85. The average Bonchev–Trinajstić information content (AvgIpc) is 2.69. The first-order valence-electron chi connectivity index (χ1n) is 4.01. The number of β-lactam (4-membered cyclic amide) rings is 1. The van der Waals surface area contributed by atoms with Crippen LogP contribution in [0.1, 0.15) is 12.2 Å². The smallest absolute Gasteiger partial charge is 0.227 e. The Hall–Kier alpha value is -1.11. The molecule has 0 spiro atoms. The molecule has 6 nitrogen and oxygen atoms in total. The molecule has 2 aliphatic heterocycles. The van der Waals surface area contributed by atoms with E-state index in [-0.39, 0.29) is 10.8 Å². The van der Waals surface area contributed by atoms with Crippen LogP contribution in [0.3, 0.4) is 0 Å². The van der Waals surface area contributed by atoms with Gasteiger partial charge in [0.25, 0.3) is 0 Å². The molecule has 0 aromatic carbocycles. The second-order valence-corrected chi connectivity index (χ2v) is 4.48. The number of tetrazole rings is 1. The Kier molecular flexibility index (Phi) is 1.25. The molecule has 0 bridgehead atoms. The number of rotatable bonds is 1. The topological polar surface area (TPSA) is 74.8 Å². The first-order chi connectivity index (χ1) is 6.33. The van der Waals surface area contributed by atoms with Crippen LogP contribution >= 0.6 is 11.8 Å². The summed E-state index contributed by atoms with van der Waals surface area (Å²) in [5, 5.41) is 13.7. The molecule has 2 saturated heterocycles. The van der Waals surface area contributed by atoms with Gasteiger partial charge < -0.3 is 4.90 Å². The van der Waals surface area contributed by atoms with Crippen molar-refractivity contribution in [1.29, 1.82) is 0 Å². The molecule has 0 aliphatic carbocycles. The number of aromatic nitrogens is 4. The van der Waals surface area contributed by atoms with Gasteiger partial charge in [-0.15, -0.1) is 16.9 Å². The van der Waals surface area contributed by atoms with Gasteiger partial charge in [0.1, 0.15) is 0 Å². The van der Waals surface area contributed by atoms with E-state index >= 15 is 0 Å². The molecule has 0 radical (unpaired) electrons. The first kappa shape index (κ1) is 7.31. The van der Waals surface area contributed by atoms with E-state index in [1.807, 2.05) is 4.90 Å². The highest BCUT2D eigenvalue weighted by Gasteiger charge is 2.58. The van der Waals surface area contributed by atoms with Crippen molar-refractivity contribution in [3.05, 3.63) is 5.82 Å². The molecular weight excluding hydrogens is 190 g/mol. The van der Waals surface area contributed by atoms with E-state index in [0.717, 1.165) is 12.3 Å². The van der Waals surface area contributed by atoms with Gasteiger partial charge in [0, 0.05) is 12.3 Å². The zero-order chi connectivity index (χ0) is 8.89. The Labute approximate surface area is 78.1 Å². The number of amides is 1. The van der Waals surface area contributed by atoms with Crippen molar-refractivity contribution < 1.29 is 4.79 Å². The predicted octanol–water partition coefficient (Wildman–Crippen LogP) is -0.668. The van der Waals surface area contributed by atoms with Crippen LogP contribution in [-0.2, 0) is 9.67 Å². The summed E-state index contributed by atoms with van der Waals surface area (Å²) < 4.78 is 0. The van der Waals surface area contributed by atoms with Gasteiger partial charge in [-0.2, -0.15) is 0 Å². The summed E-state index contributed by atoms with van der Waals surface area (Å²) in [6.45, 7) is 0.810. The van der Waals surface area contributed by atoms with Crippen molar-refractivity contribution in [3.63, 3.8) is 0 Å². The van der Waals surface area contributed by atoms with Gasteiger partial charge >= 0.3 is 0 Å². The number of fused-ring (bicyclic) bond motifs is 1. The van der Waals surface area contributed by atoms with Crippen molar-refractivity contribution in [1.82, 2.24) is 25.5 Å². The molecule has 1 aromatic heterocycles. The molecule has 1 atom stereocenters. The van der Waals surface area contributed by atoms with E-state index in [0.29, 0.717) is 12.2 Å². The van der Waals surface area contributed by atoms with E-state index < -0.39 is 0 Å². The third-order valence-electron chi connectivity index (χ3n) is 2.50. The summed E-state index contributed by atoms with van der Waals surface area (Å²) in [5.41, 5.74) is 0. The highest BCUT2D eigenvalue weighted by Crippen LogP contribution is 2.52. The van der Waals surface area contributed by atoms with Gasteiger partial charge in [-0.3, -0.25) is 4.79 Å². The zero-order valence-electron chi connectivity index (χ0n) is 6.73. The van der Waals surface area contributed by atoms with Crippen molar-refractivity contribution in [3.8, 4) is 0 Å². The largest absolute Gasteiger partial charge is 0.319 e. The molecule has 2 fully saturated rings. The average molecular weight is 197 g/mol. The molecule has 0 saturated carbocycles. The first-order valence-corrected chi connectivity index (χ1v) is 5.00. The second kappa shape index (κ2) is 2.22. The summed E-state index contributed by atoms with van der Waals surface area (Å²) >= 11 is 1.73. The van der Waals surface area contributed by atoms with Gasteiger partial charge in [-0.1, -0.05) is 0 Å². The minimum absolute atomic E-state index is 0.196. The number of carbonyl (C=O) groups is 1. The van der Waals surface area contributed by atoms with Crippen molar-refractivity contribution >= 4 is 17.7 Å². The number of nitrogens with one attached hydrogen (secondary N) is 1. The number of nitrogens with zero attached hydrogens (tertiary/aromatic N) is 4. The molecule has 3 rings (SSSR count). The van der Waals surface area contributed by atoms with Crippen LogP contribution in [0.25, 0.3) is 0 Å². The number of hydrogen-bond acceptors (Lipinski definition) is 5. The lowest BCUT2D eigenvalue weighted by molar-refractivity contribution is -0.148. The Morgan fingerprint density at radius 3 is 3.23 bits per heavy atom. The highest BCUT2D eigenvalue weighted by molar-refractivity contribution is 8.00. The number of thioether (sulfide) groups is 1. The van der Waals surface area contributed by atoms with Gasteiger partial charge in [-0.25, -0.2) is 5.10 Å². The molecule has 3 heterocycles. The van der Waals surface area contributed by atoms with E-state index in [9.17, 15) is 4.79 Å². The standard InChI is InChI=1S/C6H7N5OS/c12-4-3-6(5-7-9-10-8-5)11(4)1-2-13-6/h1-3H2,(H,7,8,9,10)/t6-/m0/s1. The predicted molar refractivity (Wildman–Crippen MR) is 44.6 cm³/mol. The van der Waals surface area contributed by atoms with E-state index in [2.05, 4.69) is 20.6 Å². The quantitative estimate of drug-likeness (QED) is 0.604. The molecule has 2 aliphatic rings. The zero-order valence-corrected chi connectivity index (χ0v) is 7.54. The number of H-pyrrole nitrogens is 1. The monoisotopic (exact) mass is 197 g/mol. The lowest BCUT2D eigenvalue weighted by atomic mass is 10.0. The van der Waals surface area contributed by atoms with Crippen LogP contribution in [0.4, 0.5) is 0 Å². The Morgan fingerprint density at radius 2 is 2.54 bits per heavy atom. The summed E-state index contributed by atoms with van der Waals surface area (Å²) in [7, 11) is 0. The molecule has 13 heavy (non-hydrogen) atoms. The van der Waals surface area contributed by atoms with Crippen molar-refractivity contribution in [2.24, 2.45) is 0 Å². The Bertz CT molecular complexity index is 352. The third-order valence-corrected chi connectivity index (χ3v) is 3.92. The molecule has 1 amide bonds. The minimum atomic E-state index is -0.263. The summed E-state index contributed by atoms with van der Waals surface area (Å²) in [6.07, 6.45) is 0.522. The third kappa shape index (κ3) is 0.749. The number of hydrogen-bond donors (Lipinski definition) is 1. The fourth-order valence-corrected chi connectivity index (χ4v) is 3.26. The second-order valence-electron chi connectivity index (χ2n) is 3.10. The van der Waals surface area contributed by atoms with Gasteiger partial charge in [0.2, 0.25) is 5.91 Å². The van der Waals surface area contributed by atoms with Crippen molar-refractivity contribution in [2.75, 3.05) is 12.3 Å². The van der Waals surface area contributed by atoms with E-state index in [1.165, 1.54) is 0 Å². The molecule has 0 unspecified atom stereocenters. The van der Waals surface area contributed by atoms with Crippen LogP contribution in [0.5, 0.6) is 0 Å². The molecule has 68 valence electrons. The fraction of sp³-hybridized carbons (Fsp3) is 0.667. The summed E-state index contributed by atoms with van der Waals surface area (Å²) in [5.74, 6) is 1.86. The van der Waals surface area contributed by atoms with Crippen LogP contribution in [0.2, 0.25) is 0 Å². The molecule has 1 N–H and O–H groups in total.